The van der Waals surface area contributed by atoms with Crippen molar-refractivity contribution < 1.29 is 0 Å². The van der Waals surface area contributed by atoms with Gasteiger partial charge in [0.1, 0.15) is 0 Å². The fourth-order valence-corrected chi connectivity index (χ4v) is 7.33. The summed E-state index contributed by atoms with van der Waals surface area (Å²) in [6.45, 7) is 13.0. The van der Waals surface area contributed by atoms with Gasteiger partial charge in [-0.1, -0.05) is 140 Å². The van der Waals surface area contributed by atoms with E-state index in [2.05, 4.69) is 161 Å². The summed E-state index contributed by atoms with van der Waals surface area (Å²) in [6, 6.07) is 37.0. The number of allylic oxidation sites excluding steroid dienone is 2. The molecule has 1 aliphatic carbocycles. The Morgan fingerprint density at radius 2 is 1.45 bits per heavy atom. The molecule has 0 atom stereocenters. The molecule has 0 aliphatic heterocycles. The van der Waals surface area contributed by atoms with Crippen molar-refractivity contribution in [2.75, 3.05) is 0 Å². The first kappa shape index (κ1) is 30.3. The highest BCUT2D eigenvalue weighted by Crippen LogP contribution is 2.45. The molecule has 1 heteroatoms. The monoisotopic (exact) mass is 607 g/mol. The lowest BCUT2D eigenvalue weighted by Crippen LogP contribution is -2.00. The first-order valence-corrected chi connectivity index (χ1v) is 16.7. The van der Waals surface area contributed by atoms with Gasteiger partial charge in [0.05, 0.1) is 5.52 Å². The normalized spacial score (nSPS) is 12.4. The molecular weight excluding hydrogens is 567 g/mol. The van der Waals surface area contributed by atoms with Crippen LogP contribution in [0.25, 0.3) is 72.9 Å². The smallest absolute Gasteiger partial charge is 0.0557 e. The SMILES string of the molecule is C=Cc1c(/C=C\C)[nH]c2c1c(-c1ccc3c(c1C)C=CCC3)c(C)c1ccc3ccccc3c12.Cc1ccc(-c2ccccc2)cc1. The lowest BCUT2D eigenvalue weighted by atomic mass is 9.83. The van der Waals surface area contributed by atoms with Crippen molar-refractivity contribution in [2.45, 2.75) is 40.5 Å². The van der Waals surface area contributed by atoms with Gasteiger partial charge in [0.25, 0.3) is 0 Å². The quantitative estimate of drug-likeness (QED) is 0.192. The highest BCUT2D eigenvalue weighted by atomic mass is 14.7. The Bertz CT molecular complexity index is 2330. The average Bonchev–Trinajstić information content (AvgIpc) is 3.47. The van der Waals surface area contributed by atoms with E-state index in [0.29, 0.717) is 0 Å². The van der Waals surface area contributed by atoms with Crippen LogP contribution >= 0.6 is 0 Å². The molecule has 1 N–H and O–H groups in total. The summed E-state index contributed by atoms with van der Waals surface area (Å²) in [5.74, 6) is 0. The zero-order valence-electron chi connectivity index (χ0n) is 27.8. The summed E-state index contributed by atoms with van der Waals surface area (Å²) in [7, 11) is 0. The van der Waals surface area contributed by atoms with Gasteiger partial charge in [-0.25, -0.2) is 0 Å². The first-order valence-electron chi connectivity index (χ1n) is 16.7. The van der Waals surface area contributed by atoms with Crippen molar-refractivity contribution in [1.82, 2.24) is 4.98 Å². The molecule has 1 aromatic heterocycles. The second-order valence-electron chi connectivity index (χ2n) is 12.6. The van der Waals surface area contributed by atoms with Crippen LogP contribution in [0.1, 0.15) is 52.4 Å². The van der Waals surface area contributed by atoms with Crippen molar-refractivity contribution in [3.05, 3.63) is 161 Å². The number of aromatic amines is 1. The Morgan fingerprint density at radius 1 is 0.702 bits per heavy atom. The minimum atomic E-state index is 1.11. The van der Waals surface area contributed by atoms with Crippen LogP contribution in [0.4, 0.5) is 0 Å². The number of H-pyrrole nitrogens is 1. The molecule has 1 nitrogen and oxygen atoms in total. The summed E-state index contributed by atoms with van der Waals surface area (Å²) < 4.78 is 0. The number of aromatic nitrogens is 1. The van der Waals surface area contributed by atoms with E-state index >= 15 is 0 Å². The molecule has 0 spiro atoms. The number of nitrogens with one attached hydrogen (secondary N) is 1. The molecule has 8 rings (SSSR count). The fourth-order valence-electron chi connectivity index (χ4n) is 7.33. The lowest BCUT2D eigenvalue weighted by molar-refractivity contribution is 0.981. The second-order valence-corrected chi connectivity index (χ2v) is 12.6. The van der Waals surface area contributed by atoms with E-state index in [1.165, 1.54) is 88.1 Å². The highest BCUT2D eigenvalue weighted by Gasteiger charge is 2.22. The van der Waals surface area contributed by atoms with Crippen molar-refractivity contribution in [3.63, 3.8) is 0 Å². The van der Waals surface area contributed by atoms with E-state index in [9.17, 15) is 0 Å². The minimum Gasteiger partial charge on any atom is -0.354 e. The van der Waals surface area contributed by atoms with Gasteiger partial charge >= 0.3 is 0 Å². The molecule has 0 saturated carbocycles. The number of hydrogen-bond acceptors (Lipinski definition) is 0. The number of fused-ring (bicyclic) bond motifs is 6. The number of benzene rings is 6. The molecule has 0 bridgehead atoms. The molecule has 0 radical (unpaired) electrons. The van der Waals surface area contributed by atoms with E-state index < -0.39 is 0 Å². The largest absolute Gasteiger partial charge is 0.354 e. The third kappa shape index (κ3) is 5.42. The zero-order valence-corrected chi connectivity index (χ0v) is 27.8. The van der Waals surface area contributed by atoms with E-state index in [4.69, 9.17) is 0 Å². The maximum atomic E-state index is 4.23. The third-order valence-corrected chi connectivity index (χ3v) is 9.71. The summed E-state index contributed by atoms with van der Waals surface area (Å²) >= 11 is 0. The number of aryl methyl sites for hydroxylation is 3. The topological polar surface area (TPSA) is 15.8 Å². The van der Waals surface area contributed by atoms with Crippen LogP contribution in [0.3, 0.4) is 0 Å². The van der Waals surface area contributed by atoms with E-state index in [-0.39, 0.29) is 0 Å². The number of rotatable bonds is 4. The Morgan fingerprint density at radius 3 is 2.21 bits per heavy atom. The van der Waals surface area contributed by atoms with Crippen LogP contribution in [0.5, 0.6) is 0 Å². The van der Waals surface area contributed by atoms with Crippen LogP contribution in [-0.2, 0) is 6.42 Å². The Balaban J connectivity index is 0.000000226. The predicted molar refractivity (Wildman–Crippen MR) is 207 cm³/mol. The Labute approximate surface area is 278 Å². The van der Waals surface area contributed by atoms with Crippen LogP contribution in [0.2, 0.25) is 0 Å². The molecule has 0 amide bonds. The second kappa shape index (κ2) is 12.8. The van der Waals surface area contributed by atoms with Crippen molar-refractivity contribution >= 4 is 50.7 Å². The Kier molecular flexibility index (Phi) is 8.23. The molecule has 230 valence electrons. The molecule has 1 heterocycles. The molecule has 6 aromatic carbocycles. The standard InChI is InChI=1S/C33H29N.C13H12/c1-5-11-29-24(6-2)32-30(26-18-16-22-12-7-9-14-25(22)20(26)3)21(4)27-19-17-23-13-8-10-15-28(23)31(27)33(32)34-29;1-11-7-9-13(10-8-11)12-5-3-2-4-6-12/h5-6,8-11,13-19,34H,2,7,12H2,1,3-4H3;2-10H,1H3/b11-5-;. The van der Waals surface area contributed by atoms with Crippen molar-refractivity contribution in [1.29, 1.82) is 0 Å². The summed E-state index contributed by atoms with van der Waals surface area (Å²) in [5, 5.41) is 6.42. The van der Waals surface area contributed by atoms with Crippen LogP contribution < -0.4 is 0 Å². The van der Waals surface area contributed by atoms with Crippen LogP contribution in [-0.4, -0.2) is 4.98 Å². The number of hydrogen-bond donors (Lipinski definition) is 1. The zero-order chi connectivity index (χ0) is 32.5. The van der Waals surface area contributed by atoms with E-state index in [1.54, 1.807) is 0 Å². The molecule has 7 aromatic rings. The highest BCUT2D eigenvalue weighted by molar-refractivity contribution is 6.25. The first-order chi connectivity index (χ1) is 23.0. The third-order valence-electron chi connectivity index (χ3n) is 9.71. The van der Waals surface area contributed by atoms with Crippen molar-refractivity contribution in [3.8, 4) is 22.3 Å². The van der Waals surface area contributed by atoms with Gasteiger partial charge < -0.3 is 4.98 Å². The summed E-state index contributed by atoms with van der Waals surface area (Å²) in [4.78, 5) is 3.80. The lowest BCUT2D eigenvalue weighted by Gasteiger charge is -2.20. The van der Waals surface area contributed by atoms with Crippen LogP contribution in [0, 0.1) is 20.8 Å². The molecule has 1 aliphatic rings. The molecule has 0 unspecified atom stereocenters. The van der Waals surface area contributed by atoms with E-state index in [0.717, 1.165) is 18.5 Å². The van der Waals surface area contributed by atoms with E-state index in [1.807, 2.05) is 12.1 Å². The van der Waals surface area contributed by atoms with Gasteiger partial charge in [0.2, 0.25) is 0 Å². The van der Waals surface area contributed by atoms with Gasteiger partial charge in [0.15, 0.2) is 0 Å². The molecular formula is C46H41N. The van der Waals surface area contributed by atoms with Crippen LogP contribution in [0.15, 0.2) is 122 Å². The molecule has 0 saturated heterocycles. The summed E-state index contributed by atoms with van der Waals surface area (Å²) in [6.07, 6.45) is 13.2. The van der Waals surface area contributed by atoms with Crippen molar-refractivity contribution in [2.24, 2.45) is 0 Å². The van der Waals surface area contributed by atoms with Gasteiger partial charge in [-0.15, -0.1) is 0 Å². The van der Waals surface area contributed by atoms with Gasteiger partial charge in [-0.3, -0.25) is 0 Å². The summed E-state index contributed by atoms with van der Waals surface area (Å²) in [5.41, 5.74) is 15.5. The maximum absolute atomic E-state index is 4.23. The maximum Gasteiger partial charge on any atom is 0.0557 e. The predicted octanol–water partition coefficient (Wildman–Crippen LogP) is 13.1. The molecule has 47 heavy (non-hydrogen) atoms. The molecule has 0 fully saturated rings. The van der Waals surface area contributed by atoms with Gasteiger partial charge in [-0.05, 0) is 107 Å². The average molecular weight is 608 g/mol. The van der Waals surface area contributed by atoms with Gasteiger partial charge in [-0.2, -0.15) is 0 Å². The Hall–Kier alpha value is -5.40. The fraction of sp³-hybridized carbons (Fsp3) is 0.130. The minimum absolute atomic E-state index is 1.11. The van der Waals surface area contributed by atoms with Gasteiger partial charge in [0, 0.05) is 22.0 Å².